The summed E-state index contributed by atoms with van der Waals surface area (Å²) in [6.07, 6.45) is 10.2. The van der Waals surface area contributed by atoms with Gasteiger partial charge < -0.3 is 10.2 Å². The van der Waals surface area contributed by atoms with E-state index in [1.165, 1.54) is 24.1 Å². The first kappa shape index (κ1) is 14.9. The van der Waals surface area contributed by atoms with Crippen molar-refractivity contribution in [1.82, 2.24) is 10.3 Å². The predicted molar refractivity (Wildman–Crippen MR) is 84.8 cm³/mol. The van der Waals surface area contributed by atoms with Gasteiger partial charge in [-0.1, -0.05) is 19.3 Å². The average Bonchev–Trinajstić information content (AvgIpc) is 3.27. The summed E-state index contributed by atoms with van der Waals surface area (Å²) in [5.41, 5.74) is 2.49. The molecule has 1 aliphatic rings. The van der Waals surface area contributed by atoms with Crippen LogP contribution in [0.25, 0.3) is 0 Å². The number of hydrogen-bond acceptors (Lipinski definition) is 3. The van der Waals surface area contributed by atoms with Gasteiger partial charge in [0.05, 0.1) is 6.54 Å². The topological polar surface area (TPSA) is 28.2 Å². The van der Waals surface area contributed by atoms with Crippen LogP contribution >= 0.6 is 0 Å². The summed E-state index contributed by atoms with van der Waals surface area (Å²) in [6, 6.07) is 5.14. The van der Waals surface area contributed by atoms with Crippen LogP contribution in [0, 0.1) is 12.3 Å². The molecule has 0 saturated heterocycles. The molecule has 0 unspecified atom stereocenters. The second-order valence-corrected chi connectivity index (χ2v) is 5.45. The van der Waals surface area contributed by atoms with Gasteiger partial charge in [0, 0.05) is 24.8 Å². The van der Waals surface area contributed by atoms with Crippen molar-refractivity contribution < 1.29 is 0 Å². The Morgan fingerprint density at radius 3 is 2.80 bits per heavy atom. The lowest BCUT2D eigenvalue weighted by molar-refractivity contribution is 0.684. The quantitative estimate of drug-likeness (QED) is 0.737. The van der Waals surface area contributed by atoms with Crippen LogP contribution in [0.3, 0.4) is 0 Å². The van der Waals surface area contributed by atoms with E-state index < -0.39 is 0 Å². The maximum absolute atomic E-state index is 5.45. The van der Waals surface area contributed by atoms with Crippen molar-refractivity contribution in [2.75, 3.05) is 18.0 Å². The van der Waals surface area contributed by atoms with Gasteiger partial charge in [-0.3, -0.25) is 0 Å². The number of anilines is 1. The van der Waals surface area contributed by atoms with Crippen LogP contribution in [-0.4, -0.2) is 24.1 Å². The summed E-state index contributed by atoms with van der Waals surface area (Å²) in [5, 5.41) is 3.57. The highest BCUT2D eigenvalue weighted by molar-refractivity contribution is 5.44. The Kier molecular flexibility index (Phi) is 5.43. The SMILES string of the molecule is C#CCN(CC)c1cc(CNC2CC2)cc(CCC)n1. The third-order valence-electron chi connectivity index (χ3n) is 3.59. The molecule has 1 heterocycles. The fourth-order valence-electron chi connectivity index (χ4n) is 2.30. The lowest BCUT2D eigenvalue weighted by Crippen LogP contribution is -2.25. The highest BCUT2D eigenvalue weighted by Crippen LogP contribution is 2.21. The molecule has 0 atom stereocenters. The van der Waals surface area contributed by atoms with Crippen molar-refractivity contribution in [3.8, 4) is 12.3 Å². The van der Waals surface area contributed by atoms with Gasteiger partial charge in [0.2, 0.25) is 0 Å². The Morgan fingerprint density at radius 1 is 1.40 bits per heavy atom. The third-order valence-corrected chi connectivity index (χ3v) is 3.59. The smallest absolute Gasteiger partial charge is 0.129 e. The maximum atomic E-state index is 5.45. The van der Waals surface area contributed by atoms with Gasteiger partial charge in [-0.2, -0.15) is 0 Å². The van der Waals surface area contributed by atoms with Gasteiger partial charge in [0.25, 0.3) is 0 Å². The highest BCUT2D eigenvalue weighted by Gasteiger charge is 2.20. The fourth-order valence-corrected chi connectivity index (χ4v) is 2.30. The van der Waals surface area contributed by atoms with E-state index in [2.05, 4.69) is 42.1 Å². The molecule has 1 fully saturated rings. The lowest BCUT2D eigenvalue weighted by atomic mass is 10.1. The molecule has 20 heavy (non-hydrogen) atoms. The average molecular weight is 271 g/mol. The Morgan fingerprint density at radius 2 is 2.20 bits per heavy atom. The van der Waals surface area contributed by atoms with Gasteiger partial charge in [-0.05, 0) is 43.9 Å². The minimum absolute atomic E-state index is 0.620. The molecule has 0 spiro atoms. The molecular formula is C17H25N3. The van der Waals surface area contributed by atoms with Crippen LogP contribution in [0.15, 0.2) is 12.1 Å². The summed E-state index contributed by atoms with van der Waals surface area (Å²) in [4.78, 5) is 6.91. The number of nitrogens with zero attached hydrogens (tertiary/aromatic N) is 2. The molecule has 0 amide bonds. The Balaban J connectivity index is 2.16. The van der Waals surface area contributed by atoms with Crippen molar-refractivity contribution >= 4 is 5.82 Å². The maximum Gasteiger partial charge on any atom is 0.129 e. The number of terminal acetylenes is 1. The fraction of sp³-hybridized carbons (Fsp3) is 0.588. The summed E-state index contributed by atoms with van der Waals surface area (Å²) < 4.78 is 0. The molecular weight excluding hydrogens is 246 g/mol. The lowest BCUT2D eigenvalue weighted by Gasteiger charge is -2.21. The minimum Gasteiger partial charge on any atom is -0.346 e. The van der Waals surface area contributed by atoms with Gasteiger partial charge >= 0.3 is 0 Å². The number of aromatic nitrogens is 1. The highest BCUT2D eigenvalue weighted by atomic mass is 15.2. The van der Waals surface area contributed by atoms with Gasteiger partial charge in [0.1, 0.15) is 5.82 Å². The number of pyridine rings is 1. The van der Waals surface area contributed by atoms with E-state index in [-0.39, 0.29) is 0 Å². The summed E-state index contributed by atoms with van der Waals surface area (Å²) in [5.74, 6) is 3.74. The van der Waals surface area contributed by atoms with E-state index in [0.717, 1.165) is 37.8 Å². The van der Waals surface area contributed by atoms with E-state index in [0.29, 0.717) is 6.54 Å². The molecule has 108 valence electrons. The van der Waals surface area contributed by atoms with Crippen molar-refractivity contribution in [2.45, 2.75) is 52.1 Å². The Bertz CT molecular complexity index is 472. The van der Waals surface area contributed by atoms with Crippen LogP contribution in [0.4, 0.5) is 5.82 Å². The first-order chi connectivity index (χ1) is 9.76. The second kappa shape index (κ2) is 7.31. The predicted octanol–water partition coefficient (Wildman–Crippen LogP) is 2.75. The largest absolute Gasteiger partial charge is 0.346 e. The molecule has 3 heteroatoms. The van der Waals surface area contributed by atoms with Gasteiger partial charge in [-0.25, -0.2) is 4.98 Å². The van der Waals surface area contributed by atoms with Crippen LogP contribution in [0.2, 0.25) is 0 Å². The van der Waals surface area contributed by atoms with E-state index in [4.69, 9.17) is 11.4 Å². The Hall–Kier alpha value is -1.53. The third kappa shape index (κ3) is 4.25. The van der Waals surface area contributed by atoms with E-state index in [1.54, 1.807) is 0 Å². The molecule has 0 aromatic carbocycles. The molecule has 2 rings (SSSR count). The number of rotatable bonds is 8. The summed E-state index contributed by atoms with van der Waals surface area (Å²) >= 11 is 0. The van der Waals surface area contributed by atoms with Gasteiger partial charge in [0.15, 0.2) is 0 Å². The number of hydrogen-bond donors (Lipinski definition) is 1. The van der Waals surface area contributed by atoms with Crippen molar-refractivity contribution in [3.05, 3.63) is 23.4 Å². The van der Waals surface area contributed by atoms with Crippen molar-refractivity contribution in [2.24, 2.45) is 0 Å². The molecule has 1 aliphatic carbocycles. The van der Waals surface area contributed by atoms with E-state index in [9.17, 15) is 0 Å². The summed E-state index contributed by atoms with van der Waals surface area (Å²) in [6.45, 7) is 6.75. The standard InChI is InChI=1S/C17H25N3/c1-4-7-16-11-14(13-18-15-8-9-15)12-17(19-16)20(6-3)10-5-2/h2,11-12,15,18H,4,6-10,13H2,1,3H3. The second-order valence-electron chi connectivity index (χ2n) is 5.45. The molecule has 1 saturated carbocycles. The number of aryl methyl sites for hydroxylation is 1. The zero-order valence-corrected chi connectivity index (χ0v) is 12.7. The van der Waals surface area contributed by atoms with Crippen molar-refractivity contribution in [3.63, 3.8) is 0 Å². The van der Waals surface area contributed by atoms with Crippen LogP contribution in [-0.2, 0) is 13.0 Å². The number of nitrogens with one attached hydrogen (secondary N) is 1. The Labute approximate surface area is 122 Å². The molecule has 0 radical (unpaired) electrons. The van der Waals surface area contributed by atoms with E-state index >= 15 is 0 Å². The first-order valence-electron chi connectivity index (χ1n) is 7.68. The zero-order chi connectivity index (χ0) is 14.4. The monoisotopic (exact) mass is 271 g/mol. The van der Waals surface area contributed by atoms with Crippen LogP contribution < -0.4 is 10.2 Å². The molecule has 1 N–H and O–H groups in total. The van der Waals surface area contributed by atoms with Gasteiger partial charge in [-0.15, -0.1) is 6.42 Å². The van der Waals surface area contributed by atoms with E-state index in [1.807, 2.05) is 0 Å². The first-order valence-corrected chi connectivity index (χ1v) is 7.68. The summed E-state index contributed by atoms with van der Waals surface area (Å²) in [7, 11) is 0. The molecule has 0 bridgehead atoms. The molecule has 1 aromatic rings. The van der Waals surface area contributed by atoms with Crippen LogP contribution in [0.5, 0.6) is 0 Å². The normalized spacial score (nSPS) is 14.1. The van der Waals surface area contributed by atoms with Crippen molar-refractivity contribution in [1.29, 1.82) is 0 Å². The molecule has 1 aromatic heterocycles. The molecule has 0 aliphatic heterocycles. The minimum atomic E-state index is 0.620. The molecule has 3 nitrogen and oxygen atoms in total. The van der Waals surface area contributed by atoms with Crippen LogP contribution in [0.1, 0.15) is 44.4 Å². The zero-order valence-electron chi connectivity index (χ0n) is 12.7.